The van der Waals surface area contributed by atoms with Gasteiger partial charge in [0, 0.05) is 16.0 Å². The highest BCUT2D eigenvalue weighted by Gasteiger charge is 2.07. The van der Waals surface area contributed by atoms with Crippen LogP contribution >= 0.6 is 35.2 Å². The molecule has 9 heteroatoms. The minimum Gasteiger partial charge on any atom is -0.483 e. The summed E-state index contributed by atoms with van der Waals surface area (Å²) >= 11 is 12.3. The molecule has 0 bridgehead atoms. The first-order valence-corrected chi connectivity index (χ1v) is 9.11. The van der Waals surface area contributed by atoms with Crippen LogP contribution in [0.15, 0.2) is 41.8 Å². The number of aryl methyl sites for hydroxylation is 1. The Morgan fingerprint density at radius 2 is 2.12 bits per heavy atom. The number of benzene rings is 1. The normalized spacial score (nSPS) is 10.4. The summed E-state index contributed by atoms with van der Waals surface area (Å²) in [6, 6.07) is 8.87. The van der Waals surface area contributed by atoms with E-state index in [4.69, 9.17) is 28.6 Å². The maximum Gasteiger partial charge on any atom is 0.276 e. The highest BCUT2D eigenvalue weighted by atomic mass is 35.5. The van der Waals surface area contributed by atoms with Gasteiger partial charge in [0.1, 0.15) is 5.75 Å². The fourth-order valence-electron chi connectivity index (χ4n) is 1.81. The van der Waals surface area contributed by atoms with Gasteiger partial charge < -0.3 is 4.74 Å². The zero-order valence-corrected chi connectivity index (χ0v) is 16.1. The van der Waals surface area contributed by atoms with Crippen molar-refractivity contribution in [1.29, 1.82) is 0 Å². The van der Waals surface area contributed by atoms with E-state index in [1.807, 2.05) is 24.4 Å². The van der Waals surface area contributed by atoms with E-state index in [0.29, 0.717) is 10.8 Å². The number of ether oxygens (including phenoxy) is 1. The number of carbonyl (C=O) groups excluding carboxylic acids is 2. The van der Waals surface area contributed by atoms with Gasteiger partial charge in [0.2, 0.25) is 5.91 Å². The molecule has 1 aromatic carbocycles. The zero-order valence-electron chi connectivity index (χ0n) is 13.7. The Bertz CT molecular complexity index is 823. The van der Waals surface area contributed by atoms with Crippen molar-refractivity contribution in [2.75, 3.05) is 6.61 Å². The molecule has 0 aliphatic carbocycles. The molecule has 0 saturated carbocycles. The molecule has 6 nitrogen and oxygen atoms in total. The van der Waals surface area contributed by atoms with Crippen molar-refractivity contribution < 1.29 is 14.3 Å². The minimum absolute atomic E-state index is 0.0261. The molecule has 1 heterocycles. The van der Waals surface area contributed by atoms with Crippen LogP contribution in [0.4, 0.5) is 0 Å². The first-order chi connectivity index (χ1) is 12.4. The molecule has 2 rings (SSSR count). The van der Waals surface area contributed by atoms with E-state index in [-0.39, 0.29) is 11.7 Å². The van der Waals surface area contributed by atoms with Crippen molar-refractivity contribution in [2.45, 2.75) is 6.92 Å². The molecular formula is C17H16ClN3O3S2. The Kier molecular flexibility index (Phi) is 7.58. The fraction of sp³-hybridized carbons (Fsp3) is 0.118. The van der Waals surface area contributed by atoms with Crippen LogP contribution in [0.25, 0.3) is 6.08 Å². The van der Waals surface area contributed by atoms with Crippen molar-refractivity contribution in [2.24, 2.45) is 0 Å². The SMILES string of the molecule is Cc1cc(Cl)ccc1OCC(=O)NNC(=S)NC(=O)/C=C/c1cccs1. The van der Waals surface area contributed by atoms with Crippen molar-refractivity contribution in [1.82, 2.24) is 16.2 Å². The van der Waals surface area contributed by atoms with Gasteiger partial charge >= 0.3 is 0 Å². The monoisotopic (exact) mass is 409 g/mol. The molecule has 0 saturated heterocycles. The molecule has 2 amide bonds. The smallest absolute Gasteiger partial charge is 0.276 e. The average Bonchev–Trinajstić information content (AvgIpc) is 3.11. The maximum absolute atomic E-state index is 11.8. The quantitative estimate of drug-likeness (QED) is 0.402. The van der Waals surface area contributed by atoms with Crippen molar-refractivity contribution in [3.05, 3.63) is 57.3 Å². The molecular weight excluding hydrogens is 394 g/mol. The van der Waals surface area contributed by atoms with E-state index < -0.39 is 11.8 Å². The Labute approximate surface area is 165 Å². The van der Waals surface area contributed by atoms with Crippen LogP contribution in [0.2, 0.25) is 5.02 Å². The molecule has 1 aromatic heterocycles. The summed E-state index contributed by atoms with van der Waals surface area (Å²) in [5.74, 6) is -0.303. The second-order valence-corrected chi connectivity index (χ2v) is 6.86. The highest BCUT2D eigenvalue weighted by molar-refractivity contribution is 7.80. The van der Waals surface area contributed by atoms with E-state index >= 15 is 0 Å². The Hall–Kier alpha value is -2.42. The van der Waals surface area contributed by atoms with Crippen LogP contribution in [-0.4, -0.2) is 23.5 Å². The number of thiocarbonyl (C=S) groups is 1. The summed E-state index contributed by atoms with van der Waals surface area (Å²) < 4.78 is 5.40. The van der Waals surface area contributed by atoms with Gasteiger partial charge in [0.05, 0.1) is 0 Å². The van der Waals surface area contributed by atoms with Gasteiger partial charge in [-0.05, 0) is 60.4 Å². The van der Waals surface area contributed by atoms with Gasteiger partial charge in [-0.1, -0.05) is 17.7 Å². The molecule has 0 aliphatic heterocycles. The molecule has 136 valence electrons. The number of rotatable bonds is 5. The number of carbonyl (C=O) groups is 2. The first-order valence-electron chi connectivity index (χ1n) is 7.44. The third kappa shape index (κ3) is 6.83. The highest BCUT2D eigenvalue weighted by Crippen LogP contribution is 2.21. The summed E-state index contributed by atoms with van der Waals surface area (Å²) in [5, 5.41) is 4.89. The lowest BCUT2D eigenvalue weighted by molar-refractivity contribution is -0.123. The van der Waals surface area contributed by atoms with Crippen LogP contribution in [-0.2, 0) is 9.59 Å². The summed E-state index contributed by atoms with van der Waals surface area (Å²) in [6.07, 6.45) is 3.03. The predicted molar refractivity (Wildman–Crippen MR) is 107 cm³/mol. The topological polar surface area (TPSA) is 79.5 Å². The lowest BCUT2D eigenvalue weighted by Gasteiger charge is -2.11. The van der Waals surface area contributed by atoms with E-state index in [9.17, 15) is 9.59 Å². The Morgan fingerprint density at radius 3 is 2.81 bits per heavy atom. The molecule has 26 heavy (non-hydrogen) atoms. The number of hydrogen-bond acceptors (Lipinski definition) is 5. The third-order valence-corrected chi connectivity index (χ3v) is 4.27. The number of hydrogen-bond donors (Lipinski definition) is 3. The average molecular weight is 410 g/mol. The predicted octanol–water partition coefficient (Wildman–Crippen LogP) is 2.82. The Morgan fingerprint density at radius 1 is 1.31 bits per heavy atom. The zero-order chi connectivity index (χ0) is 18.9. The first kappa shape index (κ1) is 19.9. The van der Waals surface area contributed by atoms with Crippen LogP contribution in [0.3, 0.4) is 0 Å². The number of thiophene rings is 1. The van der Waals surface area contributed by atoms with Crippen molar-refractivity contribution >= 4 is 58.2 Å². The molecule has 0 aliphatic rings. The second-order valence-electron chi connectivity index (χ2n) is 5.04. The molecule has 0 unspecified atom stereocenters. The van der Waals surface area contributed by atoms with Crippen LogP contribution in [0.5, 0.6) is 5.75 Å². The second kappa shape index (κ2) is 9.91. The Balaban J connectivity index is 1.69. The van der Waals surface area contributed by atoms with Gasteiger partial charge in [-0.25, -0.2) is 0 Å². The van der Waals surface area contributed by atoms with Crippen LogP contribution in [0.1, 0.15) is 10.4 Å². The van der Waals surface area contributed by atoms with Crippen LogP contribution < -0.4 is 20.9 Å². The number of hydrazine groups is 1. The number of nitrogens with one attached hydrogen (secondary N) is 3. The summed E-state index contributed by atoms with van der Waals surface area (Å²) in [4.78, 5) is 24.4. The van der Waals surface area contributed by atoms with Crippen molar-refractivity contribution in [3.63, 3.8) is 0 Å². The number of halogens is 1. The van der Waals surface area contributed by atoms with Crippen LogP contribution in [0, 0.1) is 6.92 Å². The summed E-state index contributed by atoms with van der Waals surface area (Å²) in [5.41, 5.74) is 5.59. The standard InChI is InChI=1S/C17H16ClN3O3S2/c1-11-9-12(18)4-6-14(11)24-10-16(23)20-21-17(25)19-15(22)7-5-13-3-2-8-26-13/h2-9H,10H2,1H3,(H,20,23)(H2,19,21,22,25)/b7-5+. The van der Waals surface area contributed by atoms with Gasteiger partial charge in [0.25, 0.3) is 5.91 Å². The fourth-order valence-corrected chi connectivity index (χ4v) is 2.81. The lowest BCUT2D eigenvalue weighted by atomic mass is 10.2. The van der Waals surface area contributed by atoms with E-state index in [1.165, 1.54) is 17.4 Å². The van der Waals surface area contributed by atoms with Gasteiger partial charge in [-0.15, -0.1) is 11.3 Å². The minimum atomic E-state index is -0.454. The molecule has 0 radical (unpaired) electrons. The molecule has 0 fully saturated rings. The molecule has 0 spiro atoms. The van der Waals surface area contributed by atoms with E-state index in [2.05, 4.69) is 16.2 Å². The molecule has 2 aromatic rings. The summed E-state index contributed by atoms with van der Waals surface area (Å²) in [6.45, 7) is 1.61. The van der Waals surface area contributed by atoms with E-state index in [0.717, 1.165) is 10.4 Å². The van der Waals surface area contributed by atoms with Gasteiger partial charge in [-0.2, -0.15) is 0 Å². The van der Waals surface area contributed by atoms with E-state index in [1.54, 1.807) is 24.3 Å². The van der Waals surface area contributed by atoms with Gasteiger partial charge in [-0.3, -0.25) is 25.8 Å². The largest absolute Gasteiger partial charge is 0.483 e. The molecule has 3 N–H and O–H groups in total. The molecule has 0 atom stereocenters. The van der Waals surface area contributed by atoms with Crippen molar-refractivity contribution in [3.8, 4) is 5.75 Å². The third-order valence-electron chi connectivity index (χ3n) is 2.99. The summed E-state index contributed by atoms with van der Waals surface area (Å²) in [7, 11) is 0. The van der Waals surface area contributed by atoms with Gasteiger partial charge in [0.15, 0.2) is 11.7 Å². The maximum atomic E-state index is 11.8. The number of amides is 2. The lowest BCUT2D eigenvalue weighted by Crippen LogP contribution is -2.49.